The Bertz CT molecular complexity index is 1370. The minimum Gasteiger partial charge on any atom is -0.436 e. The number of hydrogen-bond acceptors (Lipinski definition) is 3. The average Bonchev–Trinajstić information content (AvgIpc) is 3.12. The van der Waals surface area contributed by atoms with Crippen LogP contribution in [0.2, 0.25) is 10.0 Å². The number of oxazole rings is 1. The van der Waals surface area contributed by atoms with Gasteiger partial charge in [0.25, 0.3) is 5.91 Å². The van der Waals surface area contributed by atoms with Crippen molar-refractivity contribution in [3.63, 3.8) is 0 Å². The van der Waals surface area contributed by atoms with E-state index < -0.39 is 34.2 Å². The van der Waals surface area contributed by atoms with Gasteiger partial charge in [-0.15, -0.1) is 0 Å². The zero-order chi connectivity index (χ0) is 22.4. The summed E-state index contributed by atoms with van der Waals surface area (Å²) in [7, 11) is 0. The molecule has 0 aliphatic carbocycles. The average molecular weight is 469 g/mol. The molecule has 1 N–H and O–H groups in total. The highest BCUT2D eigenvalue weighted by molar-refractivity contribution is 6.34. The van der Waals surface area contributed by atoms with Crippen molar-refractivity contribution >= 4 is 45.9 Å². The SMILES string of the molecule is Cc1c(NC(=O)c2ccc(F)c(F)c2Cl)cc(F)cc1-c1nc2c(F)cc(Cl)cc2o1. The molecule has 1 heterocycles. The van der Waals surface area contributed by atoms with Crippen LogP contribution in [0.5, 0.6) is 0 Å². The van der Waals surface area contributed by atoms with Gasteiger partial charge >= 0.3 is 0 Å². The monoisotopic (exact) mass is 468 g/mol. The normalized spacial score (nSPS) is 11.2. The largest absolute Gasteiger partial charge is 0.436 e. The predicted molar refractivity (Wildman–Crippen MR) is 108 cm³/mol. The van der Waals surface area contributed by atoms with Gasteiger partial charge in [0, 0.05) is 22.3 Å². The first-order valence-electron chi connectivity index (χ1n) is 8.66. The highest BCUT2D eigenvalue weighted by Gasteiger charge is 2.21. The Morgan fingerprint density at radius 3 is 2.52 bits per heavy atom. The number of hydrogen-bond donors (Lipinski definition) is 1. The van der Waals surface area contributed by atoms with Crippen LogP contribution in [0.4, 0.5) is 23.2 Å². The summed E-state index contributed by atoms with van der Waals surface area (Å²) in [6.07, 6.45) is 0. The third kappa shape index (κ3) is 3.84. The van der Waals surface area contributed by atoms with E-state index >= 15 is 0 Å². The maximum Gasteiger partial charge on any atom is 0.257 e. The molecule has 0 saturated carbocycles. The lowest BCUT2D eigenvalue weighted by Gasteiger charge is -2.12. The Labute approximate surface area is 182 Å². The summed E-state index contributed by atoms with van der Waals surface area (Å²) in [5, 5.41) is 1.79. The van der Waals surface area contributed by atoms with Crippen LogP contribution in [0.1, 0.15) is 15.9 Å². The van der Waals surface area contributed by atoms with Crippen molar-refractivity contribution in [1.29, 1.82) is 0 Å². The zero-order valence-electron chi connectivity index (χ0n) is 15.5. The van der Waals surface area contributed by atoms with Crippen molar-refractivity contribution in [2.45, 2.75) is 6.92 Å². The Balaban J connectivity index is 1.76. The molecule has 0 saturated heterocycles. The quantitative estimate of drug-likeness (QED) is 0.262. The summed E-state index contributed by atoms with van der Waals surface area (Å²) in [5.41, 5.74) is 0.0841. The van der Waals surface area contributed by atoms with E-state index in [0.29, 0.717) is 5.56 Å². The molecule has 3 aromatic carbocycles. The third-order valence-corrected chi connectivity index (χ3v) is 5.13. The first-order chi connectivity index (χ1) is 14.7. The van der Waals surface area contributed by atoms with Crippen molar-refractivity contribution < 1.29 is 26.8 Å². The van der Waals surface area contributed by atoms with Crippen LogP contribution in [0.25, 0.3) is 22.6 Å². The summed E-state index contributed by atoms with van der Waals surface area (Å²) >= 11 is 11.5. The summed E-state index contributed by atoms with van der Waals surface area (Å²) in [5.74, 6) is -5.05. The van der Waals surface area contributed by atoms with E-state index in [1.54, 1.807) is 0 Å². The molecule has 0 aliphatic rings. The predicted octanol–water partition coefficient (Wildman–Crippen LogP) is 6.92. The molecule has 0 fully saturated rings. The van der Waals surface area contributed by atoms with Gasteiger partial charge in [-0.3, -0.25) is 4.79 Å². The Hall–Kier alpha value is -3.10. The molecular formula is C21H10Cl2F4N2O2. The number of nitrogens with one attached hydrogen (secondary N) is 1. The Kier molecular flexibility index (Phi) is 5.36. The van der Waals surface area contributed by atoms with E-state index in [0.717, 1.165) is 30.3 Å². The minimum absolute atomic E-state index is 0.00144. The van der Waals surface area contributed by atoms with Crippen molar-refractivity contribution in [2.75, 3.05) is 5.32 Å². The maximum atomic E-state index is 14.3. The number of halogens is 6. The van der Waals surface area contributed by atoms with E-state index in [2.05, 4.69) is 10.3 Å². The van der Waals surface area contributed by atoms with Crippen LogP contribution in [-0.2, 0) is 0 Å². The molecule has 31 heavy (non-hydrogen) atoms. The summed E-state index contributed by atoms with van der Waals surface area (Å²) in [6, 6.07) is 6.28. The van der Waals surface area contributed by atoms with Crippen molar-refractivity contribution in [1.82, 2.24) is 4.98 Å². The van der Waals surface area contributed by atoms with Crippen LogP contribution in [0.15, 0.2) is 40.8 Å². The molecule has 0 aliphatic heterocycles. The molecule has 10 heteroatoms. The highest BCUT2D eigenvalue weighted by Crippen LogP contribution is 2.34. The second kappa shape index (κ2) is 7.86. The first kappa shape index (κ1) is 21.1. The lowest BCUT2D eigenvalue weighted by Crippen LogP contribution is -2.14. The number of nitrogens with zero attached hydrogens (tertiary/aromatic N) is 1. The summed E-state index contributed by atoms with van der Waals surface area (Å²) < 4.78 is 60.8. The number of carbonyl (C=O) groups is 1. The minimum atomic E-state index is -1.38. The van der Waals surface area contributed by atoms with Gasteiger partial charge in [-0.1, -0.05) is 23.2 Å². The van der Waals surface area contributed by atoms with Gasteiger partial charge in [-0.2, -0.15) is 0 Å². The molecule has 4 aromatic rings. The molecule has 0 bridgehead atoms. The standard InChI is InChI=1S/C21H10Cl2F4N2O2/c1-8-12(21-29-19-14(26)4-9(22)5-16(19)31-21)6-10(24)7-15(8)28-20(30)11-2-3-13(25)18(27)17(11)23/h2-7H,1H3,(H,28,30). The van der Waals surface area contributed by atoms with Crippen LogP contribution < -0.4 is 5.32 Å². The molecule has 1 aromatic heterocycles. The fraction of sp³-hybridized carbons (Fsp3) is 0.0476. The lowest BCUT2D eigenvalue weighted by atomic mass is 10.1. The van der Waals surface area contributed by atoms with Gasteiger partial charge in [0.2, 0.25) is 5.89 Å². The molecular weight excluding hydrogens is 459 g/mol. The number of amides is 1. The van der Waals surface area contributed by atoms with Crippen LogP contribution >= 0.6 is 23.2 Å². The van der Waals surface area contributed by atoms with Gasteiger partial charge in [0.05, 0.1) is 10.6 Å². The summed E-state index contributed by atoms with van der Waals surface area (Å²) in [4.78, 5) is 16.6. The fourth-order valence-electron chi connectivity index (χ4n) is 2.99. The maximum absolute atomic E-state index is 14.3. The van der Waals surface area contributed by atoms with Gasteiger partial charge in [-0.25, -0.2) is 22.5 Å². The van der Waals surface area contributed by atoms with E-state index in [1.807, 2.05) is 0 Å². The number of anilines is 1. The van der Waals surface area contributed by atoms with E-state index in [9.17, 15) is 22.4 Å². The molecule has 4 nitrogen and oxygen atoms in total. The number of carbonyl (C=O) groups excluding carboxylic acids is 1. The number of fused-ring (bicyclic) bond motifs is 1. The van der Waals surface area contributed by atoms with Gasteiger partial charge in [0.1, 0.15) is 11.3 Å². The zero-order valence-corrected chi connectivity index (χ0v) is 17.0. The number of aromatic nitrogens is 1. The second-order valence-electron chi connectivity index (χ2n) is 6.56. The number of rotatable bonds is 3. The molecule has 0 unspecified atom stereocenters. The highest BCUT2D eigenvalue weighted by atomic mass is 35.5. The van der Waals surface area contributed by atoms with Crippen LogP contribution in [0, 0.1) is 30.2 Å². The van der Waals surface area contributed by atoms with Gasteiger partial charge < -0.3 is 9.73 Å². The van der Waals surface area contributed by atoms with Crippen molar-refractivity contribution in [3.8, 4) is 11.5 Å². The molecule has 4 rings (SSSR count). The van der Waals surface area contributed by atoms with Crippen molar-refractivity contribution in [2.24, 2.45) is 0 Å². The molecule has 158 valence electrons. The second-order valence-corrected chi connectivity index (χ2v) is 7.37. The summed E-state index contributed by atoms with van der Waals surface area (Å²) in [6.45, 7) is 1.54. The Morgan fingerprint density at radius 1 is 1.03 bits per heavy atom. The molecule has 0 spiro atoms. The van der Waals surface area contributed by atoms with Gasteiger partial charge in [-0.05, 0) is 42.8 Å². The van der Waals surface area contributed by atoms with Crippen LogP contribution in [0.3, 0.4) is 0 Å². The number of benzene rings is 3. The molecule has 0 atom stereocenters. The van der Waals surface area contributed by atoms with E-state index in [1.165, 1.54) is 13.0 Å². The van der Waals surface area contributed by atoms with Crippen molar-refractivity contribution in [3.05, 3.63) is 80.8 Å². The van der Waals surface area contributed by atoms with E-state index in [-0.39, 0.29) is 38.8 Å². The molecule has 1 amide bonds. The van der Waals surface area contributed by atoms with E-state index in [4.69, 9.17) is 27.6 Å². The lowest BCUT2D eigenvalue weighted by molar-refractivity contribution is 0.102. The first-order valence-corrected chi connectivity index (χ1v) is 9.42. The topological polar surface area (TPSA) is 55.1 Å². The molecule has 0 radical (unpaired) electrons. The smallest absolute Gasteiger partial charge is 0.257 e. The third-order valence-electron chi connectivity index (χ3n) is 4.54. The Morgan fingerprint density at radius 2 is 1.77 bits per heavy atom. The van der Waals surface area contributed by atoms with Gasteiger partial charge in [0.15, 0.2) is 23.0 Å². The van der Waals surface area contributed by atoms with Crippen LogP contribution in [-0.4, -0.2) is 10.9 Å². The fourth-order valence-corrected chi connectivity index (χ4v) is 3.43.